The maximum Gasteiger partial charge on any atom is 0.311 e. The van der Waals surface area contributed by atoms with Gasteiger partial charge in [0.05, 0.1) is 21.1 Å². The maximum absolute atomic E-state index is 10.9. The van der Waals surface area contributed by atoms with Crippen LogP contribution < -0.4 is 0 Å². The summed E-state index contributed by atoms with van der Waals surface area (Å²) in [6.07, 6.45) is 1.44. The lowest BCUT2D eigenvalue weighted by atomic mass is 10.1. The van der Waals surface area contributed by atoms with Crippen LogP contribution in [0.2, 0.25) is 0 Å². The van der Waals surface area contributed by atoms with Crippen molar-refractivity contribution in [3.8, 4) is 23.1 Å². The van der Waals surface area contributed by atoms with Crippen molar-refractivity contribution in [2.24, 2.45) is 0 Å². The number of phenols is 1. The molecule has 0 aliphatic rings. The number of hydrogen-bond donors (Lipinski definition) is 1. The Kier molecular flexibility index (Phi) is 5.10. The summed E-state index contributed by atoms with van der Waals surface area (Å²) in [5, 5.41) is 42.7. The number of nitriles is 1. The minimum absolute atomic E-state index is 0.0364. The van der Waals surface area contributed by atoms with Crippen molar-refractivity contribution in [1.82, 2.24) is 4.98 Å². The Balaban J connectivity index is 1.93. The molecule has 1 N–H and O–H groups in total. The Hall–Kier alpha value is -4.10. The van der Waals surface area contributed by atoms with E-state index in [9.17, 15) is 30.6 Å². The van der Waals surface area contributed by atoms with Crippen molar-refractivity contribution in [3.05, 3.63) is 78.6 Å². The smallest absolute Gasteiger partial charge is 0.311 e. The van der Waals surface area contributed by atoms with Gasteiger partial charge in [-0.05, 0) is 29.8 Å². The standard InChI is InChI=1S/C18H10N4O5S/c19-9-13(7-11-1-6-17(23)16(8-11)22(26)27)18-20-15(10-28-18)12-2-4-14(5-3-12)21(24)25/h1-8,10,23H/b13-7+. The molecule has 0 amide bonds. The average Bonchev–Trinajstić information content (AvgIpc) is 3.17. The van der Waals surface area contributed by atoms with Crippen LogP contribution in [0.3, 0.4) is 0 Å². The summed E-state index contributed by atoms with van der Waals surface area (Å²) in [4.78, 5) is 24.8. The number of aromatic nitrogens is 1. The predicted molar refractivity (Wildman–Crippen MR) is 102 cm³/mol. The Morgan fingerprint density at radius 2 is 1.86 bits per heavy atom. The van der Waals surface area contributed by atoms with Gasteiger partial charge in [0.1, 0.15) is 11.1 Å². The van der Waals surface area contributed by atoms with E-state index in [-0.39, 0.29) is 11.3 Å². The Morgan fingerprint density at radius 3 is 2.46 bits per heavy atom. The van der Waals surface area contributed by atoms with Gasteiger partial charge in [0.2, 0.25) is 0 Å². The van der Waals surface area contributed by atoms with Crippen LogP contribution in [0.25, 0.3) is 22.9 Å². The van der Waals surface area contributed by atoms with Crippen LogP contribution in [0.4, 0.5) is 11.4 Å². The summed E-state index contributed by atoms with van der Waals surface area (Å²) in [5.41, 5.74) is 1.27. The molecule has 0 spiro atoms. The van der Waals surface area contributed by atoms with Crippen molar-refractivity contribution in [2.75, 3.05) is 0 Å². The molecule has 3 rings (SSSR count). The minimum Gasteiger partial charge on any atom is -0.502 e. The predicted octanol–water partition coefficient (Wildman–Crippen LogP) is 4.40. The molecule has 0 bridgehead atoms. The van der Waals surface area contributed by atoms with Crippen LogP contribution >= 0.6 is 11.3 Å². The molecule has 9 nitrogen and oxygen atoms in total. The molecule has 0 aliphatic carbocycles. The van der Waals surface area contributed by atoms with Crippen molar-refractivity contribution in [2.45, 2.75) is 0 Å². The number of nitrogens with zero attached hydrogens (tertiary/aromatic N) is 4. The molecule has 0 fully saturated rings. The van der Waals surface area contributed by atoms with Gasteiger partial charge in [-0.25, -0.2) is 4.98 Å². The molecule has 0 saturated carbocycles. The Bertz CT molecular complexity index is 1150. The van der Waals surface area contributed by atoms with Crippen LogP contribution in [0.5, 0.6) is 5.75 Å². The first-order valence-electron chi connectivity index (χ1n) is 7.69. The molecule has 3 aromatic rings. The summed E-state index contributed by atoms with van der Waals surface area (Å²) < 4.78 is 0. The van der Waals surface area contributed by atoms with E-state index in [1.54, 1.807) is 17.5 Å². The quantitative estimate of drug-likeness (QED) is 0.384. The van der Waals surface area contributed by atoms with Crippen LogP contribution in [0.15, 0.2) is 47.8 Å². The van der Waals surface area contributed by atoms with Gasteiger partial charge in [0.15, 0.2) is 5.75 Å². The molecular weight excluding hydrogens is 384 g/mol. The van der Waals surface area contributed by atoms with E-state index in [4.69, 9.17) is 0 Å². The lowest BCUT2D eigenvalue weighted by Gasteiger charge is -1.99. The van der Waals surface area contributed by atoms with Gasteiger partial charge in [0, 0.05) is 29.1 Å². The molecule has 138 valence electrons. The van der Waals surface area contributed by atoms with Crippen molar-refractivity contribution in [1.29, 1.82) is 5.26 Å². The van der Waals surface area contributed by atoms with Crippen LogP contribution in [0, 0.1) is 31.6 Å². The lowest BCUT2D eigenvalue weighted by molar-refractivity contribution is -0.385. The fourth-order valence-corrected chi connectivity index (χ4v) is 3.16. The first kappa shape index (κ1) is 18.7. The second kappa shape index (κ2) is 7.65. The molecule has 0 radical (unpaired) electrons. The molecule has 0 unspecified atom stereocenters. The average molecular weight is 394 g/mol. The van der Waals surface area contributed by atoms with E-state index in [0.29, 0.717) is 21.8 Å². The van der Waals surface area contributed by atoms with Gasteiger partial charge in [-0.15, -0.1) is 11.3 Å². The van der Waals surface area contributed by atoms with E-state index in [1.807, 2.05) is 6.07 Å². The zero-order valence-corrected chi connectivity index (χ0v) is 14.8. The molecule has 0 saturated heterocycles. The molecule has 1 aromatic heterocycles. The van der Waals surface area contributed by atoms with Gasteiger partial charge in [0.25, 0.3) is 5.69 Å². The molecule has 2 aromatic carbocycles. The van der Waals surface area contributed by atoms with E-state index in [2.05, 4.69) is 4.98 Å². The number of nitro benzene ring substituents is 2. The number of thiazole rings is 1. The number of benzene rings is 2. The Labute approximate surface area is 161 Å². The third kappa shape index (κ3) is 3.84. The fraction of sp³-hybridized carbons (Fsp3) is 0. The highest BCUT2D eigenvalue weighted by Crippen LogP contribution is 2.31. The summed E-state index contributed by atoms with van der Waals surface area (Å²) >= 11 is 1.20. The van der Waals surface area contributed by atoms with Crippen molar-refractivity contribution in [3.63, 3.8) is 0 Å². The molecule has 0 aliphatic heterocycles. The van der Waals surface area contributed by atoms with Crippen LogP contribution in [-0.4, -0.2) is 19.9 Å². The van der Waals surface area contributed by atoms with Crippen molar-refractivity contribution < 1.29 is 15.0 Å². The second-order valence-corrected chi connectivity index (χ2v) is 6.38. The minimum atomic E-state index is -0.713. The topological polar surface area (TPSA) is 143 Å². The fourth-order valence-electron chi connectivity index (χ4n) is 2.37. The third-order valence-electron chi connectivity index (χ3n) is 3.74. The summed E-state index contributed by atoms with van der Waals surface area (Å²) in [5.74, 6) is -0.463. The highest BCUT2D eigenvalue weighted by atomic mass is 32.1. The highest BCUT2D eigenvalue weighted by molar-refractivity contribution is 7.11. The summed E-state index contributed by atoms with van der Waals surface area (Å²) in [7, 11) is 0. The number of nitro groups is 2. The summed E-state index contributed by atoms with van der Waals surface area (Å²) in [6, 6.07) is 11.7. The maximum atomic E-state index is 10.9. The Morgan fingerprint density at radius 1 is 1.14 bits per heavy atom. The second-order valence-electron chi connectivity index (χ2n) is 5.52. The zero-order valence-electron chi connectivity index (χ0n) is 14.0. The summed E-state index contributed by atoms with van der Waals surface area (Å²) in [6.45, 7) is 0. The normalized spacial score (nSPS) is 11.0. The molecular formula is C18H10N4O5S. The zero-order chi connectivity index (χ0) is 20.3. The van der Waals surface area contributed by atoms with Gasteiger partial charge in [-0.3, -0.25) is 20.2 Å². The van der Waals surface area contributed by atoms with E-state index in [1.165, 1.54) is 41.7 Å². The SMILES string of the molecule is N#C/C(=C\c1ccc(O)c([N+](=O)[O-])c1)c1nc(-c2ccc([N+](=O)[O-])cc2)cs1. The number of allylic oxidation sites excluding steroid dienone is 1. The lowest BCUT2D eigenvalue weighted by Crippen LogP contribution is -1.89. The first-order chi connectivity index (χ1) is 13.4. The number of phenolic OH excluding ortho intramolecular Hbond substituents is 1. The third-order valence-corrected chi connectivity index (χ3v) is 4.61. The molecule has 1 heterocycles. The monoisotopic (exact) mass is 394 g/mol. The van der Waals surface area contributed by atoms with E-state index in [0.717, 1.165) is 6.07 Å². The number of non-ortho nitro benzene ring substituents is 1. The van der Waals surface area contributed by atoms with E-state index < -0.39 is 21.3 Å². The first-order valence-corrected chi connectivity index (χ1v) is 8.57. The number of hydrogen-bond acceptors (Lipinski definition) is 8. The number of aromatic hydroxyl groups is 1. The highest BCUT2D eigenvalue weighted by Gasteiger charge is 2.15. The van der Waals surface area contributed by atoms with Crippen LogP contribution in [-0.2, 0) is 0 Å². The molecule has 28 heavy (non-hydrogen) atoms. The molecule has 0 atom stereocenters. The van der Waals surface area contributed by atoms with Gasteiger partial charge in [-0.1, -0.05) is 6.07 Å². The van der Waals surface area contributed by atoms with Crippen LogP contribution in [0.1, 0.15) is 10.6 Å². The largest absolute Gasteiger partial charge is 0.502 e. The molecule has 10 heteroatoms. The van der Waals surface area contributed by atoms with Gasteiger partial charge in [-0.2, -0.15) is 5.26 Å². The number of rotatable bonds is 5. The van der Waals surface area contributed by atoms with Crippen molar-refractivity contribution >= 4 is 34.4 Å². The van der Waals surface area contributed by atoms with E-state index >= 15 is 0 Å². The van der Waals surface area contributed by atoms with Gasteiger partial charge >= 0.3 is 5.69 Å². The van der Waals surface area contributed by atoms with Gasteiger partial charge < -0.3 is 5.11 Å².